The molecule has 3 aromatic rings. The summed E-state index contributed by atoms with van der Waals surface area (Å²) in [6.07, 6.45) is 0. The normalized spacial score (nSPS) is 10.9. The highest BCUT2D eigenvalue weighted by Crippen LogP contribution is 2.38. The largest absolute Gasteiger partial charge is 0.489 e. The van der Waals surface area contributed by atoms with E-state index >= 15 is 0 Å². The van der Waals surface area contributed by atoms with Crippen molar-refractivity contribution in [2.45, 2.75) is 34.3 Å². The lowest BCUT2D eigenvalue weighted by molar-refractivity contribution is -0.131. The molecule has 4 nitrogen and oxygen atoms in total. The average molecular weight is 376 g/mol. The Labute approximate surface area is 155 Å². The summed E-state index contributed by atoms with van der Waals surface area (Å²) in [6, 6.07) is 5.73. The van der Waals surface area contributed by atoms with E-state index in [0.29, 0.717) is 17.4 Å². The van der Waals surface area contributed by atoms with Crippen molar-refractivity contribution in [1.29, 1.82) is 0 Å². The zero-order chi connectivity index (χ0) is 18.1. The Hall–Kier alpha value is -2.11. The molecule has 6 heteroatoms. The van der Waals surface area contributed by atoms with Gasteiger partial charge in [-0.1, -0.05) is 11.6 Å². The van der Waals surface area contributed by atoms with Crippen molar-refractivity contribution in [1.82, 2.24) is 4.98 Å². The predicted molar refractivity (Wildman–Crippen MR) is 101 cm³/mol. The minimum Gasteiger partial charge on any atom is -0.489 e. The molecule has 0 aliphatic carbocycles. The molecule has 0 spiro atoms. The molecule has 25 heavy (non-hydrogen) atoms. The maximum Gasteiger partial charge on any atom is 0.308 e. The Kier molecular flexibility index (Phi) is 4.97. The quantitative estimate of drug-likeness (QED) is 0.574. The van der Waals surface area contributed by atoms with E-state index in [4.69, 9.17) is 21.1 Å². The second kappa shape index (κ2) is 7.02. The first-order valence-corrected chi connectivity index (χ1v) is 9.06. The van der Waals surface area contributed by atoms with Crippen molar-refractivity contribution in [2.24, 2.45) is 0 Å². The van der Waals surface area contributed by atoms with Gasteiger partial charge in [0.2, 0.25) is 0 Å². The molecule has 130 valence electrons. The van der Waals surface area contributed by atoms with Gasteiger partial charge in [0.05, 0.1) is 5.02 Å². The van der Waals surface area contributed by atoms with Gasteiger partial charge in [0, 0.05) is 39.3 Å². The fourth-order valence-electron chi connectivity index (χ4n) is 2.76. The molecule has 0 saturated carbocycles. The standard InChI is InChI=1S/C19H18ClNO3S/c1-10-5-14(7-18-19(10)17(9-25-18)24-13(4)22)23-8-15-12(3)21-11(2)6-16(15)20/h5-7,9H,8H2,1-4H3. The van der Waals surface area contributed by atoms with Crippen LogP contribution in [0.3, 0.4) is 0 Å². The molecule has 1 aromatic carbocycles. The molecule has 0 atom stereocenters. The van der Waals surface area contributed by atoms with Crippen LogP contribution in [0.4, 0.5) is 0 Å². The molecule has 0 radical (unpaired) electrons. The lowest BCUT2D eigenvalue weighted by Crippen LogP contribution is -2.02. The number of benzene rings is 1. The van der Waals surface area contributed by atoms with Crippen LogP contribution in [0.15, 0.2) is 23.6 Å². The maximum absolute atomic E-state index is 11.2. The van der Waals surface area contributed by atoms with E-state index < -0.39 is 0 Å². The lowest BCUT2D eigenvalue weighted by Gasteiger charge is -2.12. The Bertz CT molecular complexity index is 942. The van der Waals surface area contributed by atoms with Gasteiger partial charge in [-0.25, -0.2) is 0 Å². The van der Waals surface area contributed by atoms with Gasteiger partial charge >= 0.3 is 5.97 Å². The van der Waals surface area contributed by atoms with Crippen molar-refractivity contribution < 1.29 is 14.3 Å². The van der Waals surface area contributed by atoms with E-state index in [1.807, 2.05) is 44.4 Å². The van der Waals surface area contributed by atoms with E-state index in [1.165, 1.54) is 18.3 Å². The third-order valence-corrected chi connectivity index (χ3v) is 5.10. The van der Waals surface area contributed by atoms with Gasteiger partial charge in [0.1, 0.15) is 18.1 Å². The van der Waals surface area contributed by atoms with E-state index in [0.717, 1.165) is 38.4 Å². The van der Waals surface area contributed by atoms with Crippen molar-refractivity contribution in [2.75, 3.05) is 0 Å². The molecular formula is C19H18ClNO3S. The molecule has 2 heterocycles. The van der Waals surface area contributed by atoms with Crippen LogP contribution in [0, 0.1) is 20.8 Å². The highest BCUT2D eigenvalue weighted by atomic mass is 35.5. The summed E-state index contributed by atoms with van der Waals surface area (Å²) < 4.78 is 12.2. The third-order valence-electron chi connectivity index (χ3n) is 3.85. The van der Waals surface area contributed by atoms with Gasteiger partial charge in [-0.3, -0.25) is 9.78 Å². The summed E-state index contributed by atoms with van der Waals surface area (Å²) in [4.78, 5) is 15.7. The number of pyridine rings is 1. The zero-order valence-electron chi connectivity index (χ0n) is 14.5. The number of ether oxygens (including phenoxy) is 2. The van der Waals surface area contributed by atoms with E-state index in [1.54, 1.807) is 0 Å². The number of aryl methyl sites for hydroxylation is 3. The second-order valence-electron chi connectivity index (χ2n) is 5.91. The van der Waals surface area contributed by atoms with Gasteiger partial charge in [0.15, 0.2) is 0 Å². The van der Waals surface area contributed by atoms with Gasteiger partial charge < -0.3 is 9.47 Å². The van der Waals surface area contributed by atoms with Crippen LogP contribution < -0.4 is 9.47 Å². The van der Waals surface area contributed by atoms with Gasteiger partial charge in [-0.2, -0.15) is 0 Å². The Morgan fingerprint density at radius 2 is 2.00 bits per heavy atom. The first kappa shape index (κ1) is 17.7. The first-order chi connectivity index (χ1) is 11.8. The Balaban J connectivity index is 1.87. The van der Waals surface area contributed by atoms with Crippen molar-refractivity contribution >= 4 is 39.0 Å². The predicted octanol–water partition coefficient (Wildman–Crippen LogP) is 5.38. The summed E-state index contributed by atoms with van der Waals surface area (Å²) in [6.45, 7) is 7.57. The fraction of sp³-hybridized carbons (Fsp3) is 0.263. The number of fused-ring (bicyclic) bond motifs is 1. The second-order valence-corrected chi connectivity index (χ2v) is 7.22. The highest BCUT2D eigenvalue weighted by Gasteiger charge is 2.13. The third kappa shape index (κ3) is 3.78. The lowest BCUT2D eigenvalue weighted by atomic mass is 10.1. The number of halogens is 1. The number of carbonyl (C=O) groups is 1. The number of aromatic nitrogens is 1. The summed E-state index contributed by atoms with van der Waals surface area (Å²) >= 11 is 7.83. The minimum atomic E-state index is -0.323. The van der Waals surface area contributed by atoms with E-state index in [-0.39, 0.29) is 5.97 Å². The van der Waals surface area contributed by atoms with Crippen LogP contribution in [0.1, 0.15) is 29.4 Å². The van der Waals surface area contributed by atoms with Crippen molar-refractivity contribution in [3.63, 3.8) is 0 Å². The van der Waals surface area contributed by atoms with Crippen molar-refractivity contribution in [3.8, 4) is 11.5 Å². The monoisotopic (exact) mass is 375 g/mol. The first-order valence-electron chi connectivity index (χ1n) is 7.81. The van der Waals surface area contributed by atoms with Crippen LogP contribution in [0.25, 0.3) is 10.1 Å². The minimum absolute atomic E-state index is 0.323. The number of hydrogen-bond donors (Lipinski definition) is 0. The van der Waals surface area contributed by atoms with E-state index in [2.05, 4.69) is 4.98 Å². The highest BCUT2D eigenvalue weighted by molar-refractivity contribution is 7.17. The Morgan fingerprint density at radius 3 is 2.68 bits per heavy atom. The van der Waals surface area contributed by atoms with Crippen LogP contribution in [-0.4, -0.2) is 11.0 Å². The molecule has 3 rings (SSSR count). The fourth-order valence-corrected chi connectivity index (χ4v) is 4.07. The Morgan fingerprint density at radius 1 is 1.24 bits per heavy atom. The van der Waals surface area contributed by atoms with Crippen LogP contribution in [0.5, 0.6) is 11.5 Å². The van der Waals surface area contributed by atoms with Crippen LogP contribution in [-0.2, 0) is 11.4 Å². The summed E-state index contributed by atoms with van der Waals surface area (Å²) in [5.74, 6) is 1.02. The SMILES string of the molecule is CC(=O)Oc1csc2cc(OCc3c(Cl)cc(C)nc3C)cc(C)c12. The smallest absolute Gasteiger partial charge is 0.308 e. The molecule has 0 bridgehead atoms. The van der Waals surface area contributed by atoms with Crippen molar-refractivity contribution in [3.05, 3.63) is 51.1 Å². The molecule has 0 N–H and O–H groups in total. The topological polar surface area (TPSA) is 48.4 Å². The number of rotatable bonds is 4. The molecule has 2 aromatic heterocycles. The van der Waals surface area contributed by atoms with Crippen LogP contribution >= 0.6 is 22.9 Å². The summed E-state index contributed by atoms with van der Waals surface area (Å²) in [5, 5.41) is 3.45. The van der Waals surface area contributed by atoms with Gasteiger partial charge in [-0.05, 0) is 44.5 Å². The number of nitrogens with zero attached hydrogens (tertiary/aromatic N) is 1. The number of carbonyl (C=O) groups excluding carboxylic acids is 1. The zero-order valence-corrected chi connectivity index (χ0v) is 16.0. The van der Waals surface area contributed by atoms with Gasteiger partial charge in [-0.15, -0.1) is 11.3 Å². The summed E-state index contributed by atoms with van der Waals surface area (Å²) in [5.41, 5.74) is 3.64. The molecule has 0 amide bonds. The number of thiophene rings is 1. The maximum atomic E-state index is 11.2. The number of esters is 1. The molecule has 0 aliphatic rings. The van der Waals surface area contributed by atoms with Gasteiger partial charge in [0.25, 0.3) is 0 Å². The molecule has 0 aliphatic heterocycles. The molecule has 0 saturated heterocycles. The molecule has 0 unspecified atom stereocenters. The van der Waals surface area contributed by atoms with Crippen LogP contribution in [0.2, 0.25) is 5.02 Å². The average Bonchev–Trinajstić information content (AvgIpc) is 2.88. The molecular weight excluding hydrogens is 358 g/mol. The van der Waals surface area contributed by atoms with E-state index in [9.17, 15) is 4.79 Å². The molecule has 0 fully saturated rings. The summed E-state index contributed by atoms with van der Waals surface area (Å²) in [7, 11) is 0. The number of hydrogen-bond acceptors (Lipinski definition) is 5.